The van der Waals surface area contributed by atoms with E-state index in [9.17, 15) is 0 Å². The van der Waals surface area contributed by atoms with Crippen molar-refractivity contribution in [3.63, 3.8) is 0 Å². The molecule has 0 aliphatic carbocycles. The quantitative estimate of drug-likeness (QED) is 0.426. The van der Waals surface area contributed by atoms with Crippen LogP contribution in [0.5, 0.6) is 0 Å². The normalized spacial score (nSPS) is 12.0. The highest BCUT2D eigenvalue weighted by Crippen LogP contribution is 1.76. The lowest BCUT2D eigenvalue weighted by Crippen LogP contribution is -1.60. The number of aliphatic hydroxyl groups excluding tert-OH is 1. The summed E-state index contributed by atoms with van der Waals surface area (Å²) in [6.45, 7) is 4.85. The third-order valence-electron chi connectivity index (χ3n) is 0.295. The average molecular weight is 71.1 g/mol. The van der Waals surface area contributed by atoms with E-state index in [1.54, 1.807) is 6.92 Å². The Morgan fingerprint density at radius 3 is 2.20 bits per heavy atom. The van der Waals surface area contributed by atoms with Crippen LogP contribution in [0.1, 0.15) is 6.92 Å². The van der Waals surface area contributed by atoms with Crippen LogP contribution in [0.25, 0.3) is 0 Å². The molecule has 0 aromatic carbocycles. The van der Waals surface area contributed by atoms with Gasteiger partial charge in [0.15, 0.2) is 0 Å². The molecule has 1 nitrogen and oxygen atoms in total. The van der Waals surface area contributed by atoms with Crippen LogP contribution >= 0.6 is 0 Å². The predicted octanol–water partition coefficient (Wildman–Crippen LogP) is 1.28. The molecule has 0 saturated carbocycles. The van der Waals surface area contributed by atoms with Crippen LogP contribution < -0.4 is 0 Å². The summed E-state index contributed by atoms with van der Waals surface area (Å²) in [7, 11) is 0. The van der Waals surface area contributed by atoms with Gasteiger partial charge in [0.1, 0.15) is 0 Å². The van der Waals surface area contributed by atoms with Crippen LogP contribution in [-0.2, 0) is 0 Å². The minimum Gasteiger partial charge on any atom is -0.513 e. The van der Waals surface area contributed by atoms with Crippen molar-refractivity contribution in [3.8, 4) is 0 Å². The van der Waals surface area contributed by atoms with Crippen LogP contribution in [0, 0.1) is 6.92 Å². The van der Waals surface area contributed by atoms with Crippen molar-refractivity contribution < 1.29 is 5.11 Å². The number of allylic oxidation sites excluding steroid dienone is 2. The monoisotopic (exact) mass is 71.0 g/mol. The van der Waals surface area contributed by atoms with Crippen molar-refractivity contribution in [2.75, 3.05) is 0 Å². The first-order valence-corrected chi connectivity index (χ1v) is 1.42. The minimum absolute atomic E-state index is 0.269. The number of aliphatic hydroxyl groups is 1. The van der Waals surface area contributed by atoms with Gasteiger partial charge in [-0.3, -0.25) is 0 Å². The molecule has 0 amide bonds. The second-order valence-corrected chi connectivity index (χ2v) is 0.846. The van der Waals surface area contributed by atoms with E-state index in [-0.39, 0.29) is 5.76 Å². The molecule has 29 valence electrons. The summed E-state index contributed by atoms with van der Waals surface area (Å²) in [5.74, 6) is 0.269. The SMILES string of the molecule is [CH2]C=C(C)O. The zero-order chi connectivity index (χ0) is 4.28. The second-order valence-electron chi connectivity index (χ2n) is 0.846. The van der Waals surface area contributed by atoms with E-state index >= 15 is 0 Å². The van der Waals surface area contributed by atoms with E-state index in [2.05, 4.69) is 6.92 Å². The molecular weight excluding hydrogens is 64.0 g/mol. The maximum atomic E-state index is 8.16. The summed E-state index contributed by atoms with van der Waals surface area (Å²) in [6.07, 6.45) is 1.39. The lowest BCUT2D eigenvalue weighted by molar-refractivity contribution is 0.414. The number of hydrogen-bond acceptors (Lipinski definition) is 1. The highest BCUT2D eigenvalue weighted by molar-refractivity contribution is 4.87. The smallest absolute Gasteiger partial charge is 0.0852 e. The Labute approximate surface area is 31.9 Å². The van der Waals surface area contributed by atoms with Gasteiger partial charge < -0.3 is 5.11 Å². The van der Waals surface area contributed by atoms with Crippen LogP contribution in [0.3, 0.4) is 0 Å². The summed E-state index contributed by atoms with van der Waals surface area (Å²) in [5, 5.41) is 8.16. The molecule has 0 saturated heterocycles. The van der Waals surface area contributed by atoms with Crippen molar-refractivity contribution in [1.82, 2.24) is 0 Å². The molecule has 0 fully saturated rings. The molecule has 0 rings (SSSR count). The summed E-state index contributed by atoms with van der Waals surface area (Å²) >= 11 is 0. The Hall–Kier alpha value is -0.460. The van der Waals surface area contributed by atoms with Crippen LogP contribution in [0.4, 0.5) is 0 Å². The number of hydrogen-bond donors (Lipinski definition) is 1. The molecular formula is C4H7O. The van der Waals surface area contributed by atoms with E-state index in [0.29, 0.717) is 0 Å². The Kier molecular flexibility index (Phi) is 1.65. The van der Waals surface area contributed by atoms with Crippen LogP contribution in [0.15, 0.2) is 11.8 Å². The Balaban J connectivity index is 3.14. The molecule has 0 spiro atoms. The molecule has 1 heteroatoms. The fourth-order valence-corrected chi connectivity index (χ4v) is 0. The lowest BCUT2D eigenvalue weighted by Gasteiger charge is -1.75. The topological polar surface area (TPSA) is 20.2 Å². The van der Waals surface area contributed by atoms with Crippen LogP contribution in [0.2, 0.25) is 0 Å². The second kappa shape index (κ2) is 1.82. The van der Waals surface area contributed by atoms with Gasteiger partial charge in [0.05, 0.1) is 5.76 Å². The third kappa shape index (κ3) is 3.54. The van der Waals surface area contributed by atoms with E-state index in [1.807, 2.05) is 0 Å². The van der Waals surface area contributed by atoms with Gasteiger partial charge in [0.25, 0.3) is 0 Å². The van der Waals surface area contributed by atoms with Gasteiger partial charge in [-0.15, -0.1) is 0 Å². The number of rotatable bonds is 0. The molecule has 0 aromatic heterocycles. The standard InChI is InChI=1S/C4H7O/c1-3-4(2)5/h3,5H,1H2,2H3. The Morgan fingerprint density at radius 1 is 2.00 bits per heavy atom. The van der Waals surface area contributed by atoms with E-state index in [0.717, 1.165) is 0 Å². The van der Waals surface area contributed by atoms with E-state index < -0.39 is 0 Å². The average Bonchev–Trinajstić information content (AvgIpc) is 1.38. The molecule has 0 aliphatic rings. The van der Waals surface area contributed by atoms with Crippen molar-refractivity contribution in [2.24, 2.45) is 0 Å². The highest BCUT2D eigenvalue weighted by Gasteiger charge is 1.63. The lowest BCUT2D eigenvalue weighted by atomic mass is 10.5. The van der Waals surface area contributed by atoms with Crippen molar-refractivity contribution >= 4 is 0 Å². The van der Waals surface area contributed by atoms with Gasteiger partial charge >= 0.3 is 0 Å². The zero-order valence-corrected chi connectivity index (χ0v) is 3.23. The molecule has 0 unspecified atom stereocenters. The third-order valence-corrected chi connectivity index (χ3v) is 0.295. The first-order valence-electron chi connectivity index (χ1n) is 1.42. The molecule has 5 heavy (non-hydrogen) atoms. The van der Waals surface area contributed by atoms with Crippen molar-refractivity contribution in [1.29, 1.82) is 0 Å². The van der Waals surface area contributed by atoms with Gasteiger partial charge in [-0.1, -0.05) is 0 Å². The molecule has 0 aliphatic heterocycles. The largest absolute Gasteiger partial charge is 0.513 e. The molecule has 0 heterocycles. The zero-order valence-electron chi connectivity index (χ0n) is 3.23. The van der Waals surface area contributed by atoms with Gasteiger partial charge in [0, 0.05) is 0 Å². The van der Waals surface area contributed by atoms with Gasteiger partial charge in [-0.25, -0.2) is 0 Å². The molecule has 0 atom stereocenters. The summed E-state index contributed by atoms with van der Waals surface area (Å²) in [4.78, 5) is 0. The van der Waals surface area contributed by atoms with Crippen LogP contribution in [-0.4, -0.2) is 5.11 Å². The van der Waals surface area contributed by atoms with Gasteiger partial charge in [-0.2, -0.15) is 0 Å². The summed E-state index contributed by atoms with van der Waals surface area (Å²) < 4.78 is 0. The van der Waals surface area contributed by atoms with Crippen molar-refractivity contribution in [3.05, 3.63) is 18.8 Å². The molecule has 1 radical (unpaired) electrons. The summed E-state index contributed by atoms with van der Waals surface area (Å²) in [6, 6.07) is 0. The Bertz CT molecular complexity index is 41.6. The maximum Gasteiger partial charge on any atom is 0.0852 e. The maximum absolute atomic E-state index is 8.16. The fraction of sp³-hybridized carbons (Fsp3) is 0.250. The first-order chi connectivity index (χ1) is 2.27. The minimum atomic E-state index is 0.269. The molecule has 0 aromatic rings. The summed E-state index contributed by atoms with van der Waals surface area (Å²) in [5.41, 5.74) is 0. The first kappa shape index (κ1) is 4.54. The van der Waals surface area contributed by atoms with Gasteiger partial charge in [0.2, 0.25) is 0 Å². The van der Waals surface area contributed by atoms with Crippen molar-refractivity contribution in [2.45, 2.75) is 6.92 Å². The van der Waals surface area contributed by atoms with Gasteiger partial charge in [-0.05, 0) is 19.9 Å². The molecule has 0 bridgehead atoms. The van der Waals surface area contributed by atoms with E-state index in [4.69, 9.17) is 5.11 Å². The van der Waals surface area contributed by atoms with E-state index in [1.165, 1.54) is 6.08 Å². The highest BCUT2D eigenvalue weighted by atomic mass is 16.3. The predicted molar refractivity (Wildman–Crippen MR) is 21.7 cm³/mol. The fourth-order valence-electron chi connectivity index (χ4n) is 0. The molecule has 1 N–H and O–H groups in total. The Morgan fingerprint density at radius 2 is 2.20 bits per heavy atom.